The monoisotopic (exact) mass is 270 g/mol. The van der Waals surface area contributed by atoms with Crippen molar-refractivity contribution < 1.29 is 14.7 Å². The lowest BCUT2D eigenvalue weighted by molar-refractivity contribution is -0.136. The van der Waals surface area contributed by atoms with E-state index >= 15 is 0 Å². The van der Waals surface area contributed by atoms with Crippen LogP contribution in [-0.2, 0) is 22.4 Å². The van der Waals surface area contributed by atoms with Gasteiger partial charge < -0.3 is 10.4 Å². The summed E-state index contributed by atoms with van der Waals surface area (Å²) < 4.78 is 0. The van der Waals surface area contributed by atoms with Crippen molar-refractivity contribution in [1.82, 2.24) is 4.98 Å². The maximum absolute atomic E-state index is 11.8. The highest BCUT2D eigenvalue weighted by Gasteiger charge is 2.06. The van der Waals surface area contributed by atoms with Crippen LogP contribution in [0.2, 0.25) is 0 Å². The molecule has 1 heterocycles. The van der Waals surface area contributed by atoms with Crippen LogP contribution in [0.15, 0.2) is 48.7 Å². The van der Waals surface area contributed by atoms with E-state index in [0.717, 1.165) is 0 Å². The van der Waals surface area contributed by atoms with Crippen molar-refractivity contribution >= 4 is 17.6 Å². The molecule has 0 radical (unpaired) electrons. The van der Waals surface area contributed by atoms with Gasteiger partial charge >= 0.3 is 5.97 Å². The summed E-state index contributed by atoms with van der Waals surface area (Å²) >= 11 is 0. The molecule has 5 heteroatoms. The molecule has 0 bridgehead atoms. The minimum absolute atomic E-state index is 0.0655. The predicted octanol–water partition coefficient (Wildman–Crippen LogP) is 1.89. The quantitative estimate of drug-likeness (QED) is 0.869. The van der Waals surface area contributed by atoms with Crippen LogP contribution in [0, 0.1) is 0 Å². The van der Waals surface area contributed by atoms with Gasteiger partial charge in [0.1, 0.15) is 0 Å². The Labute approximate surface area is 116 Å². The van der Waals surface area contributed by atoms with E-state index in [1.54, 1.807) is 42.6 Å². The van der Waals surface area contributed by atoms with E-state index in [-0.39, 0.29) is 18.7 Å². The van der Waals surface area contributed by atoms with Gasteiger partial charge in [-0.25, -0.2) is 0 Å². The van der Waals surface area contributed by atoms with Crippen molar-refractivity contribution in [2.24, 2.45) is 0 Å². The van der Waals surface area contributed by atoms with Crippen LogP contribution >= 0.6 is 0 Å². The van der Waals surface area contributed by atoms with Gasteiger partial charge in [-0.05, 0) is 29.8 Å². The maximum atomic E-state index is 11.8. The number of nitrogens with zero attached hydrogens (tertiary/aromatic N) is 1. The highest BCUT2D eigenvalue weighted by molar-refractivity contribution is 5.92. The van der Waals surface area contributed by atoms with Crippen molar-refractivity contribution in [3.05, 3.63) is 59.9 Å². The van der Waals surface area contributed by atoms with Gasteiger partial charge in [0.2, 0.25) is 5.91 Å². The largest absolute Gasteiger partial charge is 0.481 e. The number of benzene rings is 1. The second-order valence-corrected chi connectivity index (χ2v) is 4.32. The zero-order valence-electron chi connectivity index (χ0n) is 10.7. The maximum Gasteiger partial charge on any atom is 0.307 e. The molecular weight excluding hydrogens is 256 g/mol. The van der Waals surface area contributed by atoms with Crippen molar-refractivity contribution in [2.45, 2.75) is 12.8 Å². The smallest absolute Gasteiger partial charge is 0.307 e. The molecule has 2 N–H and O–H groups in total. The SMILES string of the molecule is O=C(O)Cc1cccc(NC(=O)Cc2ccccn2)c1. The average Bonchev–Trinajstić information content (AvgIpc) is 2.39. The van der Waals surface area contributed by atoms with Crippen molar-refractivity contribution in [3.8, 4) is 0 Å². The fourth-order valence-corrected chi connectivity index (χ4v) is 1.81. The Morgan fingerprint density at radius 1 is 1.10 bits per heavy atom. The number of carboxylic acid groups (broad SMARTS) is 1. The molecule has 2 rings (SSSR count). The van der Waals surface area contributed by atoms with Gasteiger partial charge in [-0.3, -0.25) is 14.6 Å². The summed E-state index contributed by atoms with van der Waals surface area (Å²) in [5, 5.41) is 11.5. The van der Waals surface area contributed by atoms with Crippen LogP contribution in [0.1, 0.15) is 11.3 Å². The predicted molar refractivity (Wildman–Crippen MR) is 74.4 cm³/mol. The van der Waals surface area contributed by atoms with E-state index in [1.807, 2.05) is 6.07 Å². The first-order chi connectivity index (χ1) is 9.63. The van der Waals surface area contributed by atoms with Crippen LogP contribution in [-0.4, -0.2) is 22.0 Å². The molecule has 1 aromatic heterocycles. The van der Waals surface area contributed by atoms with E-state index in [9.17, 15) is 9.59 Å². The number of aliphatic carboxylic acids is 1. The number of amides is 1. The Hall–Kier alpha value is -2.69. The van der Waals surface area contributed by atoms with E-state index in [0.29, 0.717) is 16.9 Å². The molecule has 1 aromatic carbocycles. The number of hydrogen-bond acceptors (Lipinski definition) is 3. The molecule has 20 heavy (non-hydrogen) atoms. The summed E-state index contributed by atoms with van der Waals surface area (Å²) in [7, 11) is 0. The highest BCUT2D eigenvalue weighted by Crippen LogP contribution is 2.11. The lowest BCUT2D eigenvalue weighted by Crippen LogP contribution is -2.15. The first kappa shape index (κ1) is 13.7. The molecule has 0 atom stereocenters. The molecule has 2 aromatic rings. The molecule has 0 saturated carbocycles. The lowest BCUT2D eigenvalue weighted by atomic mass is 10.1. The zero-order valence-corrected chi connectivity index (χ0v) is 10.7. The lowest BCUT2D eigenvalue weighted by Gasteiger charge is -2.06. The summed E-state index contributed by atoms with van der Waals surface area (Å²) in [6, 6.07) is 12.2. The second kappa shape index (κ2) is 6.47. The number of carboxylic acids is 1. The molecule has 1 amide bonds. The van der Waals surface area contributed by atoms with Gasteiger partial charge in [-0.1, -0.05) is 18.2 Å². The van der Waals surface area contributed by atoms with E-state index in [2.05, 4.69) is 10.3 Å². The molecule has 0 saturated heterocycles. The van der Waals surface area contributed by atoms with Crippen molar-refractivity contribution in [2.75, 3.05) is 5.32 Å². The number of carbonyl (C=O) groups excluding carboxylic acids is 1. The van der Waals surface area contributed by atoms with E-state index in [4.69, 9.17) is 5.11 Å². The summed E-state index contributed by atoms with van der Waals surface area (Å²) in [5.41, 5.74) is 1.92. The third kappa shape index (κ3) is 4.20. The number of anilines is 1. The molecule has 0 aliphatic rings. The van der Waals surface area contributed by atoms with Gasteiger partial charge in [0, 0.05) is 17.6 Å². The first-order valence-electron chi connectivity index (χ1n) is 6.14. The van der Waals surface area contributed by atoms with Crippen molar-refractivity contribution in [3.63, 3.8) is 0 Å². The van der Waals surface area contributed by atoms with Crippen LogP contribution in [0.3, 0.4) is 0 Å². The average molecular weight is 270 g/mol. The molecule has 102 valence electrons. The second-order valence-electron chi connectivity index (χ2n) is 4.32. The van der Waals surface area contributed by atoms with Gasteiger partial charge in [0.05, 0.1) is 12.8 Å². The molecule has 0 unspecified atom stereocenters. The molecule has 0 spiro atoms. The zero-order chi connectivity index (χ0) is 14.4. The fraction of sp³-hybridized carbons (Fsp3) is 0.133. The van der Waals surface area contributed by atoms with Crippen LogP contribution in [0.5, 0.6) is 0 Å². The van der Waals surface area contributed by atoms with E-state index < -0.39 is 5.97 Å². The topological polar surface area (TPSA) is 79.3 Å². The van der Waals surface area contributed by atoms with Crippen LogP contribution in [0.4, 0.5) is 5.69 Å². The number of rotatable bonds is 5. The minimum atomic E-state index is -0.901. The molecule has 0 fully saturated rings. The van der Waals surface area contributed by atoms with Gasteiger partial charge in [0.15, 0.2) is 0 Å². The molecule has 0 aliphatic carbocycles. The Morgan fingerprint density at radius 3 is 2.65 bits per heavy atom. The Bertz CT molecular complexity index is 612. The number of nitrogens with one attached hydrogen (secondary N) is 1. The summed E-state index contributed by atoms with van der Waals surface area (Å²) in [6.45, 7) is 0. The normalized spacial score (nSPS) is 10.0. The van der Waals surface area contributed by atoms with Crippen LogP contribution < -0.4 is 5.32 Å². The van der Waals surface area contributed by atoms with E-state index in [1.165, 1.54) is 0 Å². The van der Waals surface area contributed by atoms with Gasteiger partial charge in [0.25, 0.3) is 0 Å². The Morgan fingerprint density at radius 2 is 1.95 bits per heavy atom. The Kier molecular flexibility index (Phi) is 4.44. The molecule has 5 nitrogen and oxygen atoms in total. The van der Waals surface area contributed by atoms with Crippen LogP contribution in [0.25, 0.3) is 0 Å². The third-order valence-corrected chi connectivity index (χ3v) is 2.63. The molecular formula is C15H14N2O3. The molecule has 0 aliphatic heterocycles. The number of carbonyl (C=O) groups is 2. The Balaban J connectivity index is 1.99. The standard InChI is InChI=1S/C15H14N2O3/c18-14(10-12-5-1-2-7-16-12)17-13-6-3-4-11(8-13)9-15(19)20/h1-8H,9-10H2,(H,17,18)(H,19,20). The van der Waals surface area contributed by atoms with Crippen molar-refractivity contribution in [1.29, 1.82) is 0 Å². The number of pyridine rings is 1. The number of aromatic nitrogens is 1. The fourth-order valence-electron chi connectivity index (χ4n) is 1.81. The minimum Gasteiger partial charge on any atom is -0.481 e. The highest BCUT2D eigenvalue weighted by atomic mass is 16.4. The summed E-state index contributed by atoms with van der Waals surface area (Å²) in [5.74, 6) is -1.09. The van der Waals surface area contributed by atoms with Gasteiger partial charge in [-0.2, -0.15) is 0 Å². The number of hydrogen-bond donors (Lipinski definition) is 2. The summed E-state index contributed by atoms with van der Waals surface area (Å²) in [6.07, 6.45) is 1.75. The van der Waals surface area contributed by atoms with Gasteiger partial charge in [-0.15, -0.1) is 0 Å². The summed E-state index contributed by atoms with van der Waals surface area (Å²) in [4.78, 5) is 26.6. The third-order valence-electron chi connectivity index (χ3n) is 2.63. The first-order valence-corrected chi connectivity index (χ1v) is 6.14.